The van der Waals surface area contributed by atoms with Crippen molar-refractivity contribution >= 4 is 0 Å². The number of nitrogens with two attached hydrogens (primary N) is 1. The van der Waals surface area contributed by atoms with Crippen LogP contribution in [0.5, 0.6) is 0 Å². The van der Waals surface area contributed by atoms with Crippen LogP contribution in [-0.4, -0.2) is 0 Å². The number of benzene rings is 1. The number of hydrazine groups is 1. The fourth-order valence-corrected chi connectivity index (χ4v) is 2.80. The Morgan fingerprint density at radius 2 is 1.89 bits per heavy atom. The molecule has 0 aliphatic rings. The van der Waals surface area contributed by atoms with Crippen LogP contribution in [-0.2, 0) is 0 Å². The molecule has 0 aliphatic carbocycles. The predicted molar refractivity (Wildman–Crippen MR) is 79.1 cm³/mol. The Balaban J connectivity index is 2.77. The van der Waals surface area contributed by atoms with E-state index in [1.54, 1.807) is 6.07 Å². The Hall–Kier alpha value is -0.930. The molecule has 3 heteroatoms. The van der Waals surface area contributed by atoms with E-state index >= 15 is 0 Å². The van der Waals surface area contributed by atoms with Crippen LogP contribution in [0.3, 0.4) is 0 Å². The topological polar surface area (TPSA) is 38.0 Å². The lowest BCUT2D eigenvalue weighted by Gasteiger charge is -2.26. The first-order valence-corrected chi connectivity index (χ1v) is 6.94. The second-order valence-corrected chi connectivity index (χ2v) is 6.89. The van der Waals surface area contributed by atoms with Crippen LogP contribution in [0, 0.1) is 24.1 Å². The Morgan fingerprint density at radius 1 is 1.26 bits per heavy atom. The molecule has 0 saturated carbocycles. The summed E-state index contributed by atoms with van der Waals surface area (Å²) < 4.78 is 13.5. The smallest absolute Gasteiger partial charge is 0.123 e. The average Bonchev–Trinajstić information content (AvgIpc) is 2.21. The lowest BCUT2D eigenvalue weighted by Crippen LogP contribution is -2.30. The van der Waals surface area contributed by atoms with E-state index in [0.717, 1.165) is 24.0 Å². The van der Waals surface area contributed by atoms with Crippen molar-refractivity contribution in [2.75, 3.05) is 0 Å². The normalized spacial score (nSPS) is 15.3. The van der Waals surface area contributed by atoms with E-state index in [9.17, 15) is 4.39 Å². The van der Waals surface area contributed by atoms with Gasteiger partial charge in [-0.05, 0) is 54.4 Å². The highest BCUT2D eigenvalue weighted by Crippen LogP contribution is 2.30. The van der Waals surface area contributed by atoms with Crippen LogP contribution in [0.15, 0.2) is 18.2 Å². The largest absolute Gasteiger partial charge is 0.271 e. The van der Waals surface area contributed by atoms with Gasteiger partial charge in [-0.25, -0.2) is 4.39 Å². The molecular formula is C16H27FN2. The van der Waals surface area contributed by atoms with Crippen LogP contribution >= 0.6 is 0 Å². The van der Waals surface area contributed by atoms with Crippen molar-refractivity contribution < 1.29 is 4.39 Å². The highest BCUT2D eigenvalue weighted by molar-refractivity contribution is 5.26. The zero-order chi connectivity index (χ0) is 14.6. The molecule has 0 bridgehead atoms. The van der Waals surface area contributed by atoms with Crippen molar-refractivity contribution in [1.29, 1.82) is 0 Å². The first kappa shape index (κ1) is 16.1. The molecule has 1 rings (SSSR count). The Labute approximate surface area is 116 Å². The molecule has 19 heavy (non-hydrogen) atoms. The quantitative estimate of drug-likeness (QED) is 0.622. The molecule has 1 aromatic rings. The number of rotatable bonds is 5. The van der Waals surface area contributed by atoms with Crippen molar-refractivity contribution in [2.45, 2.75) is 53.5 Å². The Morgan fingerprint density at radius 3 is 2.37 bits per heavy atom. The number of nitrogens with one attached hydrogen (secondary N) is 1. The minimum Gasteiger partial charge on any atom is -0.271 e. The van der Waals surface area contributed by atoms with Gasteiger partial charge in [0.1, 0.15) is 5.82 Å². The molecule has 2 nitrogen and oxygen atoms in total. The van der Waals surface area contributed by atoms with Gasteiger partial charge in [0.25, 0.3) is 0 Å². The summed E-state index contributed by atoms with van der Waals surface area (Å²) in [7, 11) is 0. The third-order valence-electron chi connectivity index (χ3n) is 3.27. The third kappa shape index (κ3) is 5.70. The standard InChI is InChI=1S/C16H27FN2/c1-11-6-13(9-14(17)7-11)15(19-18)8-12(2)10-16(3,4)5/h6-7,9,12,15,19H,8,10,18H2,1-5H3. The van der Waals surface area contributed by atoms with Gasteiger partial charge in [-0.2, -0.15) is 0 Å². The van der Waals surface area contributed by atoms with E-state index < -0.39 is 0 Å². The minimum absolute atomic E-state index is 0.00625. The van der Waals surface area contributed by atoms with Crippen LogP contribution in [0.2, 0.25) is 0 Å². The molecule has 0 aliphatic heterocycles. The van der Waals surface area contributed by atoms with Crippen LogP contribution < -0.4 is 11.3 Å². The maximum absolute atomic E-state index is 13.5. The van der Waals surface area contributed by atoms with Gasteiger partial charge in [-0.15, -0.1) is 0 Å². The molecule has 1 aromatic carbocycles. The van der Waals surface area contributed by atoms with E-state index in [2.05, 4.69) is 33.1 Å². The fraction of sp³-hybridized carbons (Fsp3) is 0.625. The Bertz CT molecular complexity index is 389. The van der Waals surface area contributed by atoms with Gasteiger partial charge in [0.15, 0.2) is 0 Å². The number of halogens is 1. The van der Waals surface area contributed by atoms with Gasteiger partial charge in [-0.3, -0.25) is 11.3 Å². The first-order chi connectivity index (χ1) is 8.71. The zero-order valence-electron chi connectivity index (χ0n) is 12.8. The molecule has 3 N–H and O–H groups in total. The lowest BCUT2D eigenvalue weighted by molar-refractivity contribution is 0.276. The van der Waals surface area contributed by atoms with E-state index in [1.165, 1.54) is 6.07 Å². The van der Waals surface area contributed by atoms with E-state index in [0.29, 0.717) is 11.3 Å². The molecule has 2 atom stereocenters. The molecule has 108 valence electrons. The molecule has 0 heterocycles. The second kappa shape index (κ2) is 6.49. The summed E-state index contributed by atoms with van der Waals surface area (Å²) in [5.74, 6) is 5.98. The maximum Gasteiger partial charge on any atom is 0.123 e. The van der Waals surface area contributed by atoms with Crippen molar-refractivity contribution in [3.63, 3.8) is 0 Å². The molecule has 0 saturated heterocycles. The van der Waals surface area contributed by atoms with Gasteiger partial charge >= 0.3 is 0 Å². The maximum atomic E-state index is 13.5. The summed E-state index contributed by atoms with van der Waals surface area (Å²) in [5.41, 5.74) is 4.99. The van der Waals surface area contributed by atoms with Gasteiger partial charge < -0.3 is 0 Å². The molecule has 0 fully saturated rings. The van der Waals surface area contributed by atoms with Crippen LogP contribution in [0.1, 0.15) is 57.7 Å². The van der Waals surface area contributed by atoms with Gasteiger partial charge in [-0.1, -0.05) is 33.8 Å². The molecule has 2 unspecified atom stereocenters. The van der Waals surface area contributed by atoms with Gasteiger partial charge in [0.05, 0.1) is 0 Å². The molecule has 0 radical (unpaired) electrons. The number of aryl methyl sites for hydroxylation is 1. The average molecular weight is 266 g/mol. The first-order valence-electron chi connectivity index (χ1n) is 6.94. The fourth-order valence-electron chi connectivity index (χ4n) is 2.80. The number of hydrogen-bond donors (Lipinski definition) is 2. The highest BCUT2D eigenvalue weighted by atomic mass is 19.1. The zero-order valence-corrected chi connectivity index (χ0v) is 12.8. The molecular weight excluding hydrogens is 239 g/mol. The summed E-state index contributed by atoms with van der Waals surface area (Å²) in [4.78, 5) is 0. The van der Waals surface area contributed by atoms with Crippen molar-refractivity contribution in [1.82, 2.24) is 5.43 Å². The summed E-state index contributed by atoms with van der Waals surface area (Å²) in [6.07, 6.45) is 2.04. The van der Waals surface area contributed by atoms with Gasteiger partial charge in [0, 0.05) is 6.04 Å². The summed E-state index contributed by atoms with van der Waals surface area (Å²) >= 11 is 0. The summed E-state index contributed by atoms with van der Waals surface area (Å²) in [5, 5.41) is 0. The molecule has 0 spiro atoms. The van der Waals surface area contributed by atoms with Crippen molar-refractivity contribution in [2.24, 2.45) is 17.2 Å². The van der Waals surface area contributed by atoms with E-state index in [1.807, 2.05) is 13.0 Å². The highest BCUT2D eigenvalue weighted by Gasteiger charge is 2.20. The van der Waals surface area contributed by atoms with E-state index in [4.69, 9.17) is 5.84 Å². The minimum atomic E-state index is -0.196. The Kier molecular flexibility index (Phi) is 5.50. The van der Waals surface area contributed by atoms with Crippen molar-refractivity contribution in [3.8, 4) is 0 Å². The third-order valence-corrected chi connectivity index (χ3v) is 3.27. The SMILES string of the molecule is Cc1cc(F)cc(C(CC(C)CC(C)(C)C)NN)c1. The summed E-state index contributed by atoms with van der Waals surface area (Å²) in [6.45, 7) is 10.8. The second-order valence-electron chi connectivity index (χ2n) is 6.89. The molecule has 0 aromatic heterocycles. The molecule has 0 amide bonds. The van der Waals surface area contributed by atoms with Crippen LogP contribution in [0.25, 0.3) is 0 Å². The summed E-state index contributed by atoms with van der Waals surface area (Å²) in [6, 6.07) is 5.11. The lowest BCUT2D eigenvalue weighted by atomic mass is 9.82. The number of hydrogen-bond acceptors (Lipinski definition) is 2. The van der Waals surface area contributed by atoms with E-state index in [-0.39, 0.29) is 11.9 Å². The predicted octanol–water partition coefficient (Wildman–Crippen LogP) is 4.10. The van der Waals surface area contributed by atoms with Crippen LogP contribution in [0.4, 0.5) is 4.39 Å². The van der Waals surface area contributed by atoms with Crippen molar-refractivity contribution in [3.05, 3.63) is 35.1 Å². The van der Waals surface area contributed by atoms with Gasteiger partial charge in [0.2, 0.25) is 0 Å². The monoisotopic (exact) mass is 266 g/mol.